The van der Waals surface area contributed by atoms with Crippen molar-refractivity contribution in [2.75, 3.05) is 0 Å². The van der Waals surface area contributed by atoms with Crippen molar-refractivity contribution in [3.8, 4) is 0 Å². The van der Waals surface area contributed by atoms with Crippen LogP contribution in [0.5, 0.6) is 0 Å². The largest absolute Gasteiger partial charge is 2.00 e. The van der Waals surface area contributed by atoms with E-state index >= 15 is 0 Å². The summed E-state index contributed by atoms with van der Waals surface area (Å²) in [6.07, 6.45) is 0. The van der Waals surface area contributed by atoms with Crippen LogP contribution in [-0.4, -0.2) is 74.7 Å². The molecule has 0 aliphatic carbocycles. The summed E-state index contributed by atoms with van der Waals surface area (Å²) in [4.78, 5) is 0. The van der Waals surface area contributed by atoms with Crippen molar-refractivity contribution in [2.45, 2.75) is 0 Å². The summed E-state index contributed by atoms with van der Waals surface area (Å²) in [6.45, 7) is 0. The molecule has 0 aliphatic rings. The van der Waals surface area contributed by atoms with E-state index in [-0.39, 0.29) is 116 Å². The van der Waals surface area contributed by atoms with Crippen molar-refractivity contribution in [1.82, 2.24) is 0 Å². The number of hydrogen-bond acceptors (Lipinski definition) is 0. The summed E-state index contributed by atoms with van der Waals surface area (Å²) in [5.41, 5.74) is 0. The fourth-order valence-electron chi connectivity index (χ4n) is 0. The van der Waals surface area contributed by atoms with Gasteiger partial charge in [0.05, 0.1) is 0 Å². The van der Waals surface area contributed by atoms with E-state index in [0.29, 0.717) is 0 Å². The molecular formula is H5AlBBaVZn. The summed E-state index contributed by atoms with van der Waals surface area (Å²) < 4.78 is 0. The van der Waals surface area contributed by atoms with Crippen LogP contribution in [0.4, 0.5) is 0 Å². The number of hydrogen-bond donors (Lipinski definition) is 0. The van der Waals surface area contributed by atoms with Crippen molar-refractivity contribution in [3.05, 3.63) is 0 Å². The van der Waals surface area contributed by atoms with Crippen LogP contribution in [0.25, 0.3) is 0 Å². The maximum atomic E-state index is 0. The van der Waals surface area contributed by atoms with Gasteiger partial charge < -0.3 is 2.85 Å². The minimum Gasteiger partial charge on any atom is -1.00 e. The molecule has 20 valence electrons. The standard InChI is InChI=1S/Al.B.Ba.V.Zn.5H/q;;+2;;;;;;2*-1. The Kier molecular flexibility index (Phi) is 210. The van der Waals surface area contributed by atoms with Crippen molar-refractivity contribution in [1.29, 1.82) is 0 Å². The van der Waals surface area contributed by atoms with Gasteiger partial charge in [0, 0.05) is 46.4 Å². The fourth-order valence-corrected chi connectivity index (χ4v) is 0. The SMILES string of the molecule is [AlH3].[B].[Ba+2].[H-].[H-].[V].[Zn]. The van der Waals surface area contributed by atoms with Crippen molar-refractivity contribution >= 4 is 74.7 Å². The first-order chi connectivity index (χ1) is 0. The second kappa shape index (κ2) is 26.3. The maximum Gasteiger partial charge on any atom is 2.00 e. The summed E-state index contributed by atoms with van der Waals surface area (Å²) in [5.74, 6) is 0. The molecule has 5 heteroatoms. The molecule has 0 heterocycles. The predicted octanol–water partition coefficient (Wildman–Crippen LogP) is -1.73. The normalized spacial score (nSPS) is 0. The van der Waals surface area contributed by atoms with Gasteiger partial charge in [-0.3, -0.25) is 0 Å². The molecule has 0 nitrogen and oxygen atoms in total. The molecule has 4 radical (unpaired) electrons. The molecule has 0 rings (SSSR count). The van der Waals surface area contributed by atoms with Gasteiger partial charge in [0.1, 0.15) is 0 Å². The minimum absolute atomic E-state index is 0. The molecule has 0 amide bonds. The van der Waals surface area contributed by atoms with E-state index in [1.54, 1.807) is 0 Å². The van der Waals surface area contributed by atoms with Crippen LogP contribution >= 0.6 is 0 Å². The molecule has 0 aromatic heterocycles. The fraction of sp³-hybridized carbons (Fsp3) is 0. The maximum absolute atomic E-state index is 0. The summed E-state index contributed by atoms with van der Waals surface area (Å²) >= 11 is 0. The molecule has 0 fully saturated rings. The Hall–Kier alpha value is 3.38. The molecule has 0 atom stereocenters. The predicted molar refractivity (Wildman–Crippen MR) is 23.7 cm³/mol. The third-order valence-corrected chi connectivity index (χ3v) is 0. The zero-order valence-corrected chi connectivity index (χ0v) is 11.2. The third kappa shape index (κ3) is 18.7. The number of rotatable bonds is 0. The minimum atomic E-state index is 0. The second-order valence-electron chi connectivity index (χ2n) is 0. The van der Waals surface area contributed by atoms with E-state index in [4.69, 9.17) is 0 Å². The molecule has 0 N–H and O–H groups in total. The average Bonchev–Trinajstić information content (AvgIpc) is 0. The van der Waals surface area contributed by atoms with Crippen molar-refractivity contribution < 1.29 is 40.9 Å². The van der Waals surface area contributed by atoms with E-state index in [0.717, 1.165) is 0 Å². The quantitative estimate of drug-likeness (QED) is 0.466. The van der Waals surface area contributed by atoms with Crippen LogP contribution in [-0.2, 0) is 38.0 Å². The average molecular weight is 296 g/mol. The van der Waals surface area contributed by atoms with E-state index in [1.807, 2.05) is 0 Å². The Bertz CT molecular complexity index is 17.7. The Labute approximate surface area is 113 Å². The Morgan fingerprint density at radius 1 is 1.20 bits per heavy atom. The first kappa shape index (κ1) is 40.0. The molecule has 0 saturated carbocycles. The van der Waals surface area contributed by atoms with Gasteiger partial charge in [-0.05, 0) is 0 Å². The Morgan fingerprint density at radius 2 is 1.20 bits per heavy atom. The van der Waals surface area contributed by atoms with Gasteiger partial charge in [-0.1, -0.05) is 0 Å². The van der Waals surface area contributed by atoms with Gasteiger partial charge in [0.2, 0.25) is 0 Å². The molecule has 5 heavy (non-hydrogen) atoms. The van der Waals surface area contributed by atoms with Gasteiger partial charge in [-0.15, -0.1) is 0 Å². The van der Waals surface area contributed by atoms with E-state index < -0.39 is 0 Å². The Morgan fingerprint density at radius 3 is 1.20 bits per heavy atom. The third-order valence-electron chi connectivity index (χ3n) is 0. The summed E-state index contributed by atoms with van der Waals surface area (Å²) in [7, 11) is 0. The van der Waals surface area contributed by atoms with Gasteiger partial charge in [0.25, 0.3) is 0 Å². The van der Waals surface area contributed by atoms with Gasteiger partial charge in [0.15, 0.2) is 17.4 Å². The van der Waals surface area contributed by atoms with Crippen LogP contribution in [0.3, 0.4) is 0 Å². The van der Waals surface area contributed by atoms with Gasteiger partial charge in [-0.2, -0.15) is 0 Å². The summed E-state index contributed by atoms with van der Waals surface area (Å²) in [6, 6.07) is 0. The van der Waals surface area contributed by atoms with Crippen LogP contribution in [0.15, 0.2) is 0 Å². The first-order valence-electron chi connectivity index (χ1n) is 0. The zero-order valence-electron chi connectivity index (χ0n) is 4.44. The Balaban J connectivity index is 0. The van der Waals surface area contributed by atoms with Crippen LogP contribution in [0.1, 0.15) is 2.85 Å². The second-order valence-corrected chi connectivity index (χ2v) is 0. The smallest absolute Gasteiger partial charge is 1.00 e. The van der Waals surface area contributed by atoms with Crippen LogP contribution < -0.4 is 0 Å². The zero-order chi connectivity index (χ0) is 0. The van der Waals surface area contributed by atoms with E-state index in [2.05, 4.69) is 0 Å². The first-order valence-corrected chi connectivity index (χ1v) is 0. The van der Waals surface area contributed by atoms with Crippen molar-refractivity contribution in [2.24, 2.45) is 0 Å². The molecular weight excluding hydrogens is 291 g/mol. The molecule has 0 aliphatic heterocycles. The van der Waals surface area contributed by atoms with E-state index in [1.165, 1.54) is 0 Å². The van der Waals surface area contributed by atoms with Crippen LogP contribution in [0.2, 0.25) is 0 Å². The van der Waals surface area contributed by atoms with Crippen LogP contribution in [0, 0.1) is 0 Å². The molecule has 0 spiro atoms. The topological polar surface area (TPSA) is 0 Å². The van der Waals surface area contributed by atoms with Gasteiger partial charge in [-0.25, -0.2) is 0 Å². The summed E-state index contributed by atoms with van der Waals surface area (Å²) in [5, 5.41) is 0. The van der Waals surface area contributed by atoms with E-state index in [9.17, 15) is 0 Å². The molecule has 0 unspecified atom stereocenters. The molecule has 0 bridgehead atoms. The monoisotopic (exact) mass is 296 g/mol. The van der Waals surface area contributed by atoms with Gasteiger partial charge >= 0.3 is 48.9 Å². The molecule has 0 aromatic rings. The van der Waals surface area contributed by atoms with Crippen molar-refractivity contribution in [3.63, 3.8) is 0 Å². The molecule has 0 aromatic carbocycles. The molecule has 0 saturated heterocycles.